The number of carbonyl (C=O) groups excluding carboxylic acids is 1. The van der Waals surface area contributed by atoms with Gasteiger partial charge >= 0.3 is 5.91 Å². The molecule has 1 unspecified atom stereocenters. The molecule has 4 aromatic rings. The average Bonchev–Trinajstić information content (AvgIpc) is 2.96. The molecule has 1 amide bonds. The molecule has 5 rings (SSSR count). The molecule has 1 N–H and O–H groups in total. The van der Waals surface area contributed by atoms with Crippen LogP contribution in [-0.4, -0.2) is 28.9 Å². The summed E-state index contributed by atoms with van der Waals surface area (Å²) in [7, 11) is 0. The monoisotopic (exact) mass is 569 g/mol. The van der Waals surface area contributed by atoms with Gasteiger partial charge in [-0.05, 0) is 72.8 Å². The second-order valence-corrected chi connectivity index (χ2v) is 10.1. The molecule has 1 atom stereocenters. The molecular weight excluding hydrogens is 546 g/mol. The van der Waals surface area contributed by atoms with E-state index < -0.39 is 40.0 Å². The first-order valence-corrected chi connectivity index (χ1v) is 13.0. The Labute approximate surface area is 233 Å². The third-order valence-electron chi connectivity index (χ3n) is 7.17. The van der Waals surface area contributed by atoms with E-state index in [9.17, 15) is 23.2 Å². The van der Waals surface area contributed by atoms with Crippen molar-refractivity contribution in [3.63, 3.8) is 0 Å². The number of pyridine rings is 1. The maximum Gasteiger partial charge on any atom is 0.349 e. The van der Waals surface area contributed by atoms with Crippen LogP contribution in [0.4, 0.5) is 23.2 Å². The maximum atomic E-state index is 15.1. The quantitative estimate of drug-likeness (QED) is 0.130. The highest BCUT2D eigenvalue weighted by Gasteiger charge is 2.33. The molecule has 1 fully saturated rings. The number of nitrogens with one attached hydrogen (secondary N) is 1. The summed E-state index contributed by atoms with van der Waals surface area (Å²) in [6, 6.07) is 17.2. The van der Waals surface area contributed by atoms with Gasteiger partial charge in [-0.15, -0.1) is 0 Å². The summed E-state index contributed by atoms with van der Waals surface area (Å²) in [4.78, 5) is 18.7. The Morgan fingerprint density at radius 3 is 2.17 bits per heavy atom. The summed E-state index contributed by atoms with van der Waals surface area (Å²) in [5.74, 6) is -6.55. The van der Waals surface area contributed by atoms with Crippen LogP contribution in [0.25, 0.3) is 11.1 Å². The number of amides is 1. The molecule has 10 heteroatoms. The van der Waals surface area contributed by atoms with Crippen molar-refractivity contribution in [3.8, 4) is 11.1 Å². The maximum absolute atomic E-state index is 15.1. The number of piperidine rings is 1. The predicted molar refractivity (Wildman–Crippen MR) is 143 cm³/mol. The van der Waals surface area contributed by atoms with Crippen LogP contribution in [0.1, 0.15) is 40.2 Å². The minimum Gasteiger partial charge on any atom is -0.621 e. The van der Waals surface area contributed by atoms with Gasteiger partial charge < -0.3 is 5.21 Å². The Balaban J connectivity index is 1.30. The number of aromatic nitrogens is 1. The van der Waals surface area contributed by atoms with E-state index in [0.717, 1.165) is 16.7 Å². The Kier molecular flexibility index (Phi) is 8.27. The van der Waals surface area contributed by atoms with Crippen LogP contribution in [0.5, 0.6) is 0 Å². The van der Waals surface area contributed by atoms with E-state index >= 15 is 4.39 Å². The first-order chi connectivity index (χ1) is 19.2. The van der Waals surface area contributed by atoms with Crippen LogP contribution < -0.4 is 5.06 Å². The van der Waals surface area contributed by atoms with Gasteiger partial charge in [-0.1, -0.05) is 48.0 Å². The molecule has 1 aliphatic rings. The average molecular weight is 570 g/mol. The number of benzene rings is 3. The zero-order chi connectivity index (χ0) is 28.4. The third kappa shape index (κ3) is 5.93. The second-order valence-electron chi connectivity index (χ2n) is 9.73. The summed E-state index contributed by atoms with van der Waals surface area (Å²) >= 11 is 5.82. The Morgan fingerprint density at radius 2 is 1.55 bits per heavy atom. The molecule has 5 nitrogen and oxygen atoms in total. The smallest absolute Gasteiger partial charge is 0.349 e. The molecular formula is C30H24ClF4N3O2. The fourth-order valence-electron chi connectivity index (χ4n) is 5.08. The molecule has 3 aromatic carbocycles. The van der Waals surface area contributed by atoms with Crippen molar-refractivity contribution in [1.82, 2.24) is 9.88 Å². The Morgan fingerprint density at radius 1 is 0.925 bits per heavy atom. The highest BCUT2D eigenvalue weighted by Crippen LogP contribution is 2.36. The Bertz CT molecular complexity index is 1530. The number of halogens is 5. The van der Waals surface area contributed by atoms with E-state index in [-0.39, 0.29) is 22.1 Å². The fraction of sp³-hybridized carbons (Fsp3) is 0.200. The number of rotatable bonds is 6. The van der Waals surface area contributed by atoms with Gasteiger partial charge in [-0.25, -0.2) is 27.3 Å². The van der Waals surface area contributed by atoms with Crippen LogP contribution in [-0.2, 0) is 6.54 Å². The zero-order valence-corrected chi connectivity index (χ0v) is 21.9. The molecule has 1 saturated heterocycles. The van der Waals surface area contributed by atoms with E-state index in [1.165, 1.54) is 30.5 Å². The minimum atomic E-state index is -1.67. The van der Waals surface area contributed by atoms with Crippen LogP contribution in [0, 0.1) is 28.5 Å². The lowest BCUT2D eigenvalue weighted by Gasteiger charge is -2.34. The van der Waals surface area contributed by atoms with E-state index in [0.29, 0.717) is 38.5 Å². The normalized spacial score (nSPS) is 15.2. The molecule has 0 saturated carbocycles. The largest absolute Gasteiger partial charge is 0.621 e. The molecule has 1 aromatic heterocycles. The lowest BCUT2D eigenvalue weighted by molar-refractivity contribution is -0.680. The molecule has 0 aliphatic carbocycles. The summed E-state index contributed by atoms with van der Waals surface area (Å²) in [6.45, 7) is 1.65. The van der Waals surface area contributed by atoms with E-state index in [2.05, 4.69) is 9.88 Å². The van der Waals surface area contributed by atoms with Gasteiger partial charge in [0, 0.05) is 18.8 Å². The summed E-state index contributed by atoms with van der Waals surface area (Å²) < 4.78 is 56.8. The van der Waals surface area contributed by atoms with Crippen molar-refractivity contribution in [2.45, 2.75) is 25.3 Å². The van der Waals surface area contributed by atoms with Gasteiger partial charge in [0.2, 0.25) is 0 Å². The van der Waals surface area contributed by atoms with Crippen molar-refractivity contribution in [3.05, 3.63) is 123 Å². The van der Waals surface area contributed by atoms with Gasteiger partial charge in [0.1, 0.15) is 16.7 Å². The minimum absolute atomic E-state index is 0.0205. The summed E-state index contributed by atoms with van der Waals surface area (Å²) in [6.07, 6.45) is 2.00. The molecule has 40 heavy (non-hydrogen) atoms. The second kappa shape index (κ2) is 11.9. The van der Waals surface area contributed by atoms with E-state index in [4.69, 9.17) is 11.6 Å². The first kappa shape index (κ1) is 27.9. The molecule has 0 radical (unpaired) electrons. The van der Waals surface area contributed by atoms with Gasteiger partial charge in [0.05, 0.1) is 11.1 Å². The topological polar surface area (TPSA) is 60.7 Å². The number of quaternary nitrogens is 1. The lowest BCUT2D eigenvalue weighted by atomic mass is 9.87. The number of nitrogens with zero attached hydrogens (tertiary/aromatic N) is 2. The van der Waals surface area contributed by atoms with Crippen LogP contribution >= 0.6 is 11.6 Å². The SMILES string of the molecule is O=C(c1ccnc(Cl)c1)[NH+]([O-])c1cc(F)c(F)c(F)c1C1CCN(Cc2ccc(-c3ccc(F)cc3)cc2)CC1. The summed E-state index contributed by atoms with van der Waals surface area (Å²) in [5, 5.41) is 11.9. The lowest BCUT2D eigenvalue weighted by Crippen LogP contribution is -3.05. The predicted octanol–water partition coefficient (Wildman–Crippen LogP) is 6.19. The first-order valence-electron chi connectivity index (χ1n) is 12.7. The molecule has 206 valence electrons. The van der Waals surface area contributed by atoms with E-state index in [1.807, 2.05) is 24.3 Å². The van der Waals surface area contributed by atoms with Crippen molar-refractivity contribution in [2.75, 3.05) is 13.1 Å². The molecule has 1 aliphatic heterocycles. The van der Waals surface area contributed by atoms with E-state index in [1.54, 1.807) is 12.1 Å². The van der Waals surface area contributed by atoms with Gasteiger partial charge in [0.15, 0.2) is 17.5 Å². The highest BCUT2D eigenvalue weighted by atomic mass is 35.5. The highest BCUT2D eigenvalue weighted by molar-refractivity contribution is 6.29. The molecule has 2 heterocycles. The van der Waals surface area contributed by atoms with Gasteiger partial charge in [-0.3, -0.25) is 9.96 Å². The molecule has 0 spiro atoms. The van der Waals surface area contributed by atoms with Crippen molar-refractivity contribution in [1.29, 1.82) is 0 Å². The third-order valence-corrected chi connectivity index (χ3v) is 7.38. The fourth-order valence-corrected chi connectivity index (χ4v) is 5.25. The van der Waals surface area contributed by atoms with Crippen LogP contribution in [0.3, 0.4) is 0 Å². The zero-order valence-electron chi connectivity index (χ0n) is 21.1. The summed E-state index contributed by atoms with van der Waals surface area (Å²) in [5.41, 5.74) is 2.06. The molecule has 0 bridgehead atoms. The number of hydroxylamine groups is 1. The van der Waals surface area contributed by atoms with Gasteiger partial charge in [-0.2, -0.15) is 0 Å². The van der Waals surface area contributed by atoms with Gasteiger partial charge in [0.25, 0.3) is 0 Å². The van der Waals surface area contributed by atoms with Crippen molar-refractivity contribution < 1.29 is 27.4 Å². The van der Waals surface area contributed by atoms with Crippen LogP contribution in [0.2, 0.25) is 5.15 Å². The van der Waals surface area contributed by atoms with Crippen molar-refractivity contribution >= 4 is 23.2 Å². The van der Waals surface area contributed by atoms with Crippen LogP contribution in [0.15, 0.2) is 72.9 Å². The Hall–Kier alpha value is -3.63. The number of hydrogen-bond donors (Lipinski definition) is 1. The van der Waals surface area contributed by atoms with Crippen molar-refractivity contribution in [2.24, 2.45) is 0 Å². The number of carbonyl (C=O) groups is 1. The number of likely N-dealkylation sites (tertiary alicyclic amines) is 1. The standard InChI is InChI=1S/C30H24ClF4N3O2/c31-26-15-22(9-12-36-26)30(39)38(40)25-16-24(33)28(34)29(35)27(25)21-10-13-37(14-11-21)17-18-1-3-19(4-2-18)20-5-7-23(32)8-6-20/h1-9,12,15-16,21,38H,10-11,13-14,17H2. The number of hydrogen-bond acceptors (Lipinski definition) is 4.